The molecule has 6 nitrogen and oxygen atoms in total. The second-order valence-electron chi connectivity index (χ2n) is 6.56. The zero-order chi connectivity index (χ0) is 21.7. The van der Waals surface area contributed by atoms with E-state index in [1.54, 1.807) is 48.7 Å². The quantitative estimate of drug-likeness (QED) is 0.487. The summed E-state index contributed by atoms with van der Waals surface area (Å²) in [6.45, 7) is 1.83. The van der Waals surface area contributed by atoms with Gasteiger partial charge in [0, 0.05) is 29.5 Å². The van der Waals surface area contributed by atoms with Crippen molar-refractivity contribution >= 4 is 52.5 Å². The molecule has 0 radical (unpaired) electrons. The van der Waals surface area contributed by atoms with E-state index in [9.17, 15) is 9.59 Å². The van der Waals surface area contributed by atoms with E-state index in [4.69, 9.17) is 23.2 Å². The van der Waals surface area contributed by atoms with Crippen LogP contribution >= 0.6 is 35.0 Å². The number of carbonyl (C=O) groups excluding carboxylic acids is 2. The Hall–Kier alpha value is -2.48. The highest BCUT2D eigenvalue weighted by molar-refractivity contribution is 7.99. The minimum Gasteiger partial charge on any atom is -0.345 e. The lowest BCUT2D eigenvalue weighted by Gasteiger charge is -2.17. The number of halogens is 2. The number of amides is 2. The summed E-state index contributed by atoms with van der Waals surface area (Å²) in [5.41, 5.74) is 1.56. The van der Waals surface area contributed by atoms with Gasteiger partial charge in [-0.1, -0.05) is 53.2 Å². The van der Waals surface area contributed by atoms with Crippen LogP contribution in [-0.4, -0.2) is 27.1 Å². The van der Waals surface area contributed by atoms with Crippen LogP contribution in [0.1, 0.15) is 28.9 Å². The third-order valence-electron chi connectivity index (χ3n) is 4.33. The molecule has 0 aliphatic carbocycles. The molecule has 0 aliphatic rings. The number of thioether (sulfide) groups is 1. The molecule has 156 valence electrons. The SMILES string of the molecule is CC(NC(=O)c1ccccc1NC(=O)CSc1nccn1C)c1ccc(Cl)cc1Cl. The Kier molecular flexibility index (Phi) is 7.42. The predicted octanol–water partition coefficient (Wildman–Crippen LogP) is 4.95. The number of aryl methyl sites for hydroxylation is 1. The van der Waals surface area contributed by atoms with E-state index < -0.39 is 0 Å². The van der Waals surface area contributed by atoms with Crippen molar-refractivity contribution in [1.82, 2.24) is 14.9 Å². The second-order valence-corrected chi connectivity index (χ2v) is 8.35. The third-order valence-corrected chi connectivity index (χ3v) is 5.95. The number of hydrogen-bond donors (Lipinski definition) is 2. The van der Waals surface area contributed by atoms with Crippen LogP contribution in [0.5, 0.6) is 0 Å². The van der Waals surface area contributed by atoms with Crippen LogP contribution in [0.4, 0.5) is 5.69 Å². The zero-order valence-corrected chi connectivity index (χ0v) is 18.7. The summed E-state index contributed by atoms with van der Waals surface area (Å²) < 4.78 is 1.84. The highest BCUT2D eigenvalue weighted by atomic mass is 35.5. The number of nitrogens with zero attached hydrogens (tertiary/aromatic N) is 2. The topological polar surface area (TPSA) is 76.0 Å². The van der Waals surface area contributed by atoms with Crippen LogP contribution in [0.15, 0.2) is 60.0 Å². The van der Waals surface area contributed by atoms with E-state index in [-0.39, 0.29) is 23.6 Å². The molecule has 9 heteroatoms. The lowest BCUT2D eigenvalue weighted by molar-refractivity contribution is -0.113. The molecule has 1 atom stereocenters. The Balaban J connectivity index is 1.67. The van der Waals surface area contributed by atoms with Gasteiger partial charge in [-0.2, -0.15) is 0 Å². The lowest BCUT2D eigenvalue weighted by Crippen LogP contribution is -2.28. The normalized spacial score (nSPS) is 11.7. The highest BCUT2D eigenvalue weighted by Crippen LogP contribution is 2.27. The van der Waals surface area contributed by atoms with E-state index in [1.165, 1.54) is 11.8 Å². The minimum atomic E-state index is -0.343. The van der Waals surface area contributed by atoms with Crippen LogP contribution in [0.2, 0.25) is 10.0 Å². The van der Waals surface area contributed by atoms with E-state index in [2.05, 4.69) is 15.6 Å². The van der Waals surface area contributed by atoms with Gasteiger partial charge >= 0.3 is 0 Å². The Labute approximate surface area is 189 Å². The van der Waals surface area contributed by atoms with Crippen molar-refractivity contribution in [3.8, 4) is 0 Å². The van der Waals surface area contributed by atoms with Gasteiger partial charge in [-0.05, 0) is 36.8 Å². The molecule has 0 saturated carbocycles. The molecule has 2 N–H and O–H groups in total. The maximum atomic E-state index is 12.8. The fourth-order valence-corrected chi connectivity index (χ4v) is 4.11. The maximum absolute atomic E-state index is 12.8. The maximum Gasteiger partial charge on any atom is 0.253 e. The number of nitrogens with one attached hydrogen (secondary N) is 2. The first-order chi connectivity index (χ1) is 14.3. The van der Waals surface area contributed by atoms with E-state index in [1.807, 2.05) is 24.7 Å². The molecule has 2 amide bonds. The van der Waals surface area contributed by atoms with Gasteiger partial charge in [-0.25, -0.2) is 4.98 Å². The summed E-state index contributed by atoms with van der Waals surface area (Å²) in [6, 6.07) is 11.6. The number of aromatic nitrogens is 2. The van der Waals surface area contributed by atoms with Crippen LogP contribution < -0.4 is 10.6 Å². The van der Waals surface area contributed by atoms with Crippen LogP contribution in [0, 0.1) is 0 Å². The number of anilines is 1. The number of rotatable bonds is 7. The van der Waals surface area contributed by atoms with Gasteiger partial charge in [0.05, 0.1) is 23.0 Å². The van der Waals surface area contributed by atoms with Crippen LogP contribution in [-0.2, 0) is 11.8 Å². The molecule has 1 heterocycles. The summed E-state index contributed by atoms with van der Waals surface area (Å²) in [5, 5.41) is 7.46. The summed E-state index contributed by atoms with van der Waals surface area (Å²) in [4.78, 5) is 29.4. The van der Waals surface area contributed by atoms with Crippen molar-refractivity contribution in [3.05, 3.63) is 76.0 Å². The lowest BCUT2D eigenvalue weighted by atomic mass is 10.1. The van der Waals surface area contributed by atoms with E-state index in [0.717, 1.165) is 10.7 Å². The molecule has 0 fully saturated rings. The number of benzene rings is 2. The Morgan fingerprint density at radius 2 is 1.97 bits per heavy atom. The standard InChI is InChI=1S/C21H20Cl2N4O2S/c1-13(15-8-7-14(22)11-17(15)23)25-20(29)16-5-3-4-6-18(16)26-19(28)12-30-21-24-9-10-27(21)2/h3-11,13H,12H2,1-2H3,(H,25,29)(H,26,28). The molecule has 0 saturated heterocycles. The van der Waals surface area contributed by atoms with Crippen molar-refractivity contribution in [2.45, 2.75) is 18.1 Å². The number of hydrogen-bond acceptors (Lipinski definition) is 4. The number of imidazole rings is 1. The van der Waals surface area contributed by atoms with Crippen LogP contribution in [0.3, 0.4) is 0 Å². The van der Waals surface area contributed by atoms with Crippen molar-refractivity contribution in [3.63, 3.8) is 0 Å². The van der Waals surface area contributed by atoms with E-state index >= 15 is 0 Å². The molecule has 3 rings (SSSR count). The molecule has 3 aromatic rings. The summed E-state index contributed by atoms with van der Waals surface area (Å²) >= 11 is 13.5. The van der Waals surface area contributed by atoms with Crippen molar-refractivity contribution in [2.75, 3.05) is 11.1 Å². The minimum absolute atomic E-state index is 0.178. The first-order valence-corrected chi connectivity index (χ1v) is 10.8. The molecular formula is C21H20Cl2N4O2S. The fourth-order valence-electron chi connectivity index (χ4n) is 2.80. The Morgan fingerprint density at radius 1 is 1.20 bits per heavy atom. The summed E-state index contributed by atoms with van der Waals surface area (Å²) in [5.74, 6) is -0.365. The summed E-state index contributed by atoms with van der Waals surface area (Å²) in [7, 11) is 1.86. The molecule has 0 spiro atoms. The molecule has 1 unspecified atom stereocenters. The molecule has 2 aromatic carbocycles. The van der Waals surface area contributed by atoms with Gasteiger partial charge in [-0.3, -0.25) is 9.59 Å². The third kappa shape index (κ3) is 5.56. The number of para-hydroxylation sites is 1. The van der Waals surface area contributed by atoms with Crippen molar-refractivity contribution in [1.29, 1.82) is 0 Å². The first kappa shape index (κ1) is 22.2. The van der Waals surface area contributed by atoms with Crippen molar-refractivity contribution in [2.24, 2.45) is 7.05 Å². The molecular weight excluding hydrogens is 443 g/mol. The molecule has 1 aromatic heterocycles. The van der Waals surface area contributed by atoms with Crippen molar-refractivity contribution < 1.29 is 9.59 Å². The van der Waals surface area contributed by atoms with Gasteiger partial charge < -0.3 is 15.2 Å². The molecule has 30 heavy (non-hydrogen) atoms. The smallest absolute Gasteiger partial charge is 0.253 e. The summed E-state index contributed by atoms with van der Waals surface area (Å²) in [6.07, 6.45) is 3.49. The molecule has 0 aliphatic heterocycles. The average molecular weight is 463 g/mol. The fraction of sp³-hybridized carbons (Fsp3) is 0.190. The van der Waals surface area contributed by atoms with Crippen LogP contribution in [0.25, 0.3) is 0 Å². The zero-order valence-electron chi connectivity index (χ0n) is 16.4. The predicted molar refractivity (Wildman–Crippen MR) is 121 cm³/mol. The van der Waals surface area contributed by atoms with E-state index in [0.29, 0.717) is 21.3 Å². The number of carbonyl (C=O) groups is 2. The van der Waals surface area contributed by atoms with Gasteiger partial charge in [0.2, 0.25) is 5.91 Å². The average Bonchev–Trinajstić information content (AvgIpc) is 3.11. The van der Waals surface area contributed by atoms with Gasteiger partial charge in [-0.15, -0.1) is 0 Å². The monoisotopic (exact) mass is 462 g/mol. The Bertz CT molecular complexity index is 1070. The van der Waals surface area contributed by atoms with Gasteiger partial charge in [0.25, 0.3) is 5.91 Å². The largest absolute Gasteiger partial charge is 0.345 e. The molecule has 0 bridgehead atoms. The second kappa shape index (κ2) is 10.0. The van der Waals surface area contributed by atoms with Gasteiger partial charge in [0.1, 0.15) is 0 Å². The highest BCUT2D eigenvalue weighted by Gasteiger charge is 2.18. The first-order valence-electron chi connectivity index (χ1n) is 9.10. The van der Waals surface area contributed by atoms with Gasteiger partial charge in [0.15, 0.2) is 5.16 Å². The Morgan fingerprint density at radius 3 is 2.67 bits per heavy atom.